The average molecular weight is 282 g/mol. The van der Waals surface area contributed by atoms with Crippen LogP contribution in [0.1, 0.15) is 12.0 Å². The Balaban J connectivity index is 2.43. The number of hydrogen-bond acceptors (Lipinski definition) is 2. The van der Waals surface area contributed by atoms with E-state index in [0.29, 0.717) is 18.5 Å². The minimum Gasteiger partial charge on any atom is -0.478 e. The van der Waals surface area contributed by atoms with Crippen molar-refractivity contribution in [2.75, 3.05) is 13.1 Å². The molecule has 0 amide bonds. The van der Waals surface area contributed by atoms with E-state index in [1.165, 1.54) is 0 Å². The van der Waals surface area contributed by atoms with Gasteiger partial charge in [-0.1, -0.05) is 28.1 Å². The molecule has 2 N–H and O–H groups in total. The Bertz CT molecular complexity index is 437. The lowest BCUT2D eigenvalue weighted by atomic mass is 9.95. The van der Waals surface area contributed by atoms with Crippen molar-refractivity contribution in [1.29, 1.82) is 0 Å². The molecule has 2 rings (SSSR count). The second-order valence-corrected chi connectivity index (χ2v) is 4.61. The van der Waals surface area contributed by atoms with Gasteiger partial charge in [-0.25, -0.2) is 4.79 Å². The number of carbonyl (C=O) groups is 1. The van der Waals surface area contributed by atoms with E-state index in [9.17, 15) is 4.79 Å². The molecule has 1 heterocycles. The van der Waals surface area contributed by atoms with Crippen LogP contribution in [0.2, 0.25) is 0 Å². The fourth-order valence-corrected chi connectivity index (χ4v) is 2.11. The Kier molecular flexibility index (Phi) is 3.41. The molecule has 0 radical (unpaired) electrons. The molecule has 84 valence electrons. The number of benzene rings is 1. The van der Waals surface area contributed by atoms with Crippen molar-refractivity contribution < 1.29 is 9.90 Å². The second-order valence-electron chi connectivity index (χ2n) is 3.70. The van der Waals surface area contributed by atoms with E-state index < -0.39 is 5.97 Å². The van der Waals surface area contributed by atoms with E-state index in [0.717, 1.165) is 22.2 Å². The molecule has 0 fully saturated rings. The summed E-state index contributed by atoms with van der Waals surface area (Å²) in [6.07, 6.45) is 0.584. The third-order valence-corrected chi connectivity index (χ3v) is 3.20. The smallest absolute Gasteiger partial charge is 0.331 e. The molecule has 16 heavy (non-hydrogen) atoms. The monoisotopic (exact) mass is 281 g/mol. The van der Waals surface area contributed by atoms with Crippen LogP contribution in [0, 0.1) is 0 Å². The normalized spacial score (nSPS) is 16.3. The third kappa shape index (κ3) is 2.33. The highest BCUT2D eigenvalue weighted by Crippen LogP contribution is 2.24. The summed E-state index contributed by atoms with van der Waals surface area (Å²) in [4.78, 5) is 11.1. The summed E-state index contributed by atoms with van der Waals surface area (Å²) in [6, 6.07) is 7.73. The van der Waals surface area contributed by atoms with Crippen LogP contribution >= 0.6 is 15.9 Å². The molecular weight excluding hydrogens is 270 g/mol. The van der Waals surface area contributed by atoms with Crippen molar-refractivity contribution in [3.63, 3.8) is 0 Å². The number of carboxylic acids is 1. The molecule has 1 aliphatic rings. The number of nitrogens with one attached hydrogen (secondary N) is 1. The van der Waals surface area contributed by atoms with Gasteiger partial charge in [-0.3, -0.25) is 0 Å². The van der Waals surface area contributed by atoms with E-state index in [1.54, 1.807) is 0 Å². The standard InChI is InChI=1S/C12H12BrNO2/c13-9-3-1-8(2-4-9)11-7-14-6-5-10(11)12(15)16/h1-4,14H,5-7H2,(H,15,16). The minimum absolute atomic E-state index is 0.529. The zero-order chi connectivity index (χ0) is 11.5. The van der Waals surface area contributed by atoms with Gasteiger partial charge < -0.3 is 10.4 Å². The molecule has 0 saturated carbocycles. The molecule has 0 aromatic heterocycles. The van der Waals surface area contributed by atoms with Gasteiger partial charge in [0, 0.05) is 16.6 Å². The molecule has 1 aliphatic heterocycles. The fraction of sp³-hybridized carbons (Fsp3) is 0.250. The molecule has 4 heteroatoms. The van der Waals surface area contributed by atoms with Crippen molar-refractivity contribution in [3.05, 3.63) is 39.9 Å². The van der Waals surface area contributed by atoms with Gasteiger partial charge in [-0.2, -0.15) is 0 Å². The van der Waals surface area contributed by atoms with E-state index in [4.69, 9.17) is 5.11 Å². The number of carboxylic acid groups (broad SMARTS) is 1. The molecule has 1 aromatic rings. The maximum Gasteiger partial charge on any atom is 0.331 e. The van der Waals surface area contributed by atoms with Crippen LogP contribution in [0.3, 0.4) is 0 Å². The maximum atomic E-state index is 11.1. The van der Waals surface area contributed by atoms with Gasteiger partial charge in [0.05, 0.1) is 0 Å². The lowest BCUT2D eigenvalue weighted by Gasteiger charge is -2.19. The van der Waals surface area contributed by atoms with Gasteiger partial charge >= 0.3 is 5.97 Å². The van der Waals surface area contributed by atoms with Gasteiger partial charge in [0.1, 0.15) is 0 Å². The highest BCUT2D eigenvalue weighted by molar-refractivity contribution is 9.10. The lowest BCUT2D eigenvalue weighted by Crippen LogP contribution is -2.27. The zero-order valence-electron chi connectivity index (χ0n) is 8.66. The first-order valence-electron chi connectivity index (χ1n) is 5.10. The molecule has 1 aromatic carbocycles. The van der Waals surface area contributed by atoms with Crippen molar-refractivity contribution in [1.82, 2.24) is 5.32 Å². The second kappa shape index (κ2) is 4.80. The van der Waals surface area contributed by atoms with Gasteiger partial charge in [-0.05, 0) is 36.2 Å². The Hall–Kier alpha value is -1.13. The van der Waals surface area contributed by atoms with Crippen molar-refractivity contribution >= 4 is 27.5 Å². The summed E-state index contributed by atoms with van der Waals surface area (Å²) in [5.74, 6) is -0.806. The van der Waals surface area contributed by atoms with E-state index >= 15 is 0 Å². The van der Waals surface area contributed by atoms with Crippen LogP contribution < -0.4 is 5.32 Å². The topological polar surface area (TPSA) is 49.3 Å². The van der Waals surface area contributed by atoms with Gasteiger partial charge in [0.25, 0.3) is 0 Å². The summed E-state index contributed by atoms with van der Waals surface area (Å²) in [5.41, 5.74) is 2.40. The predicted octanol–water partition coefficient (Wildman–Crippen LogP) is 2.28. The van der Waals surface area contributed by atoms with E-state index in [1.807, 2.05) is 24.3 Å². The molecule has 0 unspecified atom stereocenters. The first kappa shape index (κ1) is 11.4. The third-order valence-electron chi connectivity index (χ3n) is 2.67. The summed E-state index contributed by atoms with van der Waals surface area (Å²) >= 11 is 3.37. The summed E-state index contributed by atoms with van der Waals surface area (Å²) in [7, 11) is 0. The van der Waals surface area contributed by atoms with Gasteiger partial charge in [0.2, 0.25) is 0 Å². The van der Waals surface area contributed by atoms with Crippen molar-refractivity contribution in [2.45, 2.75) is 6.42 Å². The molecule has 0 bridgehead atoms. The Morgan fingerprint density at radius 2 is 2.00 bits per heavy atom. The first-order chi connectivity index (χ1) is 7.68. The molecular formula is C12H12BrNO2. The molecule has 0 spiro atoms. The minimum atomic E-state index is -0.806. The zero-order valence-corrected chi connectivity index (χ0v) is 10.3. The summed E-state index contributed by atoms with van der Waals surface area (Å²) in [6.45, 7) is 1.37. The quantitative estimate of drug-likeness (QED) is 0.875. The van der Waals surface area contributed by atoms with E-state index in [-0.39, 0.29) is 0 Å². The summed E-state index contributed by atoms with van der Waals surface area (Å²) < 4.78 is 0.998. The van der Waals surface area contributed by atoms with Crippen molar-refractivity contribution in [3.8, 4) is 0 Å². The van der Waals surface area contributed by atoms with Crippen LogP contribution in [0.5, 0.6) is 0 Å². The van der Waals surface area contributed by atoms with Crippen LogP contribution in [0.15, 0.2) is 34.3 Å². The summed E-state index contributed by atoms with van der Waals surface area (Å²) in [5, 5.41) is 12.3. The number of aliphatic carboxylic acids is 1. The highest BCUT2D eigenvalue weighted by atomic mass is 79.9. The highest BCUT2D eigenvalue weighted by Gasteiger charge is 2.18. The van der Waals surface area contributed by atoms with E-state index in [2.05, 4.69) is 21.2 Å². The van der Waals surface area contributed by atoms with Crippen LogP contribution in [-0.2, 0) is 4.79 Å². The van der Waals surface area contributed by atoms with Crippen LogP contribution in [0.4, 0.5) is 0 Å². The van der Waals surface area contributed by atoms with Gasteiger partial charge in [-0.15, -0.1) is 0 Å². The maximum absolute atomic E-state index is 11.1. The van der Waals surface area contributed by atoms with Crippen LogP contribution in [0.25, 0.3) is 5.57 Å². The van der Waals surface area contributed by atoms with Gasteiger partial charge in [0.15, 0.2) is 0 Å². The molecule has 0 atom stereocenters. The largest absolute Gasteiger partial charge is 0.478 e. The Morgan fingerprint density at radius 3 is 2.62 bits per heavy atom. The number of hydrogen-bond donors (Lipinski definition) is 2. The first-order valence-corrected chi connectivity index (χ1v) is 5.90. The SMILES string of the molecule is O=C(O)C1=C(c2ccc(Br)cc2)CNCC1. The molecule has 3 nitrogen and oxygen atoms in total. The molecule has 0 aliphatic carbocycles. The lowest BCUT2D eigenvalue weighted by molar-refractivity contribution is -0.132. The Morgan fingerprint density at radius 1 is 1.31 bits per heavy atom. The van der Waals surface area contributed by atoms with Crippen molar-refractivity contribution in [2.24, 2.45) is 0 Å². The fourth-order valence-electron chi connectivity index (χ4n) is 1.85. The number of halogens is 1. The number of rotatable bonds is 2. The average Bonchev–Trinajstić information content (AvgIpc) is 2.30. The van der Waals surface area contributed by atoms with Crippen LogP contribution in [-0.4, -0.2) is 24.2 Å². The molecule has 0 saturated heterocycles. The predicted molar refractivity (Wildman–Crippen MR) is 66.2 cm³/mol. The Labute approximate surface area is 102 Å².